The van der Waals surface area contributed by atoms with Gasteiger partial charge in [0.25, 0.3) is 0 Å². The van der Waals surface area contributed by atoms with E-state index in [1.807, 2.05) is 30.3 Å². The minimum atomic E-state index is -3.55. The molecule has 0 aliphatic carbocycles. The summed E-state index contributed by atoms with van der Waals surface area (Å²) >= 11 is 0. The summed E-state index contributed by atoms with van der Waals surface area (Å²) in [4.78, 5) is 20.3. The van der Waals surface area contributed by atoms with E-state index in [0.717, 1.165) is 10.8 Å². The highest BCUT2D eigenvalue weighted by Gasteiger charge is 2.29. The molecular weight excluding hydrogens is 416 g/mol. The normalized spacial score (nSPS) is 15.6. The molecule has 1 N–H and O–H groups in total. The zero-order chi connectivity index (χ0) is 21.8. The number of piperidine rings is 1. The third-order valence-electron chi connectivity index (χ3n) is 5.31. The van der Waals surface area contributed by atoms with Crippen molar-refractivity contribution in [2.45, 2.75) is 30.7 Å². The van der Waals surface area contributed by atoms with Gasteiger partial charge in [-0.25, -0.2) is 23.2 Å². The molecule has 0 unspecified atom stereocenters. The van der Waals surface area contributed by atoms with Gasteiger partial charge in [-0.1, -0.05) is 30.3 Å². The molecule has 0 bridgehead atoms. The average molecular weight is 441 g/mol. The number of benzene rings is 2. The fourth-order valence-electron chi connectivity index (χ4n) is 3.62. The number of carbonyl (C=O) groups is 1. The summed E-state index contributed by atoms with van der Waals surface area (Å²) in [6.07, 6.45) is 4.12. The number of hydrogen-bond acceptors (Lipinski definition) is 7. The third-order valence-corrected chi connectivity index (χ3v) is 7.20. The van der Waals surface area contributed by atoms with E-state index < -0.39 is 16.0 Å². The zero-order valence-corrected chi connectivity index (χ0v) is 18.0. The molecule has 0 saturated carbocycles. The Morgan fingerprint density at radius 3 is 2.45 bits per heavy atom. The molecule has 0 spiro atoms. The van der Waals surface area contributed by atoms with Crippen LogP contribution < -0.4 is 5.32 Å². The first kappa shape index (κ1) is 21.2. The van der Waals surface area contributed by atoms with E-state index in [2.05, 4.69) is 15.3 Å². The van der Waals surface area contributed by atoms with Gasteiger partial charge < -0.3 is 10.1 Å². The molecular formula is C22H24N4O4S. The maximum atomic E-state index is 13.1. The predicted octanol–water partition coefficient (Wildman–Crippen LogP) is 3.07. The Kier molecular flexibility index (Phi) is 6.15. The number of nitrogens with zero attached hydrogens (tertiary/aromatic N) is 3. The van der Waals surface area contributed by atoms with Gasteiger partial charge in [-0.3, -0.25) is 0 Å². The van der Waals surface area contributed by atoms with Crippen molar-refractivity contribution in [2.75, 3.05) is 25.0 Å². The Labute approximate surface area is 181 Å². The van der Waals surface area contributed by atoms with Crippen molar-refractivity contribution in [3.05, 3.63) is 60.4 Å². The molecule has 2 heterocycles. The molecule has 0 radical (unpaired) electrons. The molecule has 31 heavy (non-hydrogen) atoms. The Bertz CT molecular complexity index is 1170. The molecule has 9 heteroatoms. The molecule has 1 aliphatic heterocycles. The lowest BCUT2D eigenvalue weighted by atomic mass is 10.1. The summed E-state index contributed by atoms with van der Waals surface area (Å²) in [6.45, 7) is 2.85. The van der Waals surface area contributed by atoms with E-state index in [1.54, 1.807) is 19.1 Å². The minimum absolute atomic E-state index is 0.0523. The highest BCUT2D eigenvalue weighted by Crippen LogP contribution is 2.25. The highest BCUT2D eigenvalue weighted by molar-refractivity contribution is 7.89. The number of ether oxygens (including phenoxy) is 1. The van der Waals surface area contributed by atoms with Gasteiger partial charge in [0.2, 0.25) is 16.0 Å². The highest BCUT2D eigenvalue weighted by atomic mass is 32.2. The van der Waals surface area contributed by atoms with E-state index in [1.165, 1.54) is 16.7 Å². The van der Waals surface area contributed by atoms with Crippen LogP contribution in [0, 0.1) is 0 Å². The van der Waals surface area contributed by atoms with Crippen molar-refractivity contribution in [3.63, 3.8) is 0 Å². The minimum Gasteiger partial charge on any atom is -0.462 e. The van der Waals surface area contributed by atoms with Crippen LogP contribution in [0.5, 0.6) is 0 Å². The first-order valence-electron chi connectivity index (χ1n) is 10.2. The lowest BCUT2D eigenvalue weighted by Gasteiger charge is -2.31. The van der Waals surface area contributed by atoms with Gasteiger partial charge in [-0.2, -0.15) is 4.31 Å². The van der Waals surface area contributed by atoms with Crippen LogP contribution in [0.2, 0.25) is 0 Å². The van der Waals surface area contributed by atoms with Gasteiger partial charge in [-0.05, 0) is 42.7 Å². The third kappa shape index (κ3) is 4.67. The van der Waals surface area contributed by atoms with Crippen LogP contribution in [0.3, 0.4) is 0 Å². The standard InChI is InChI=1S/C22H24N4O4S/c1-2-30-21(27)18-14-23-22(24-15-18)25-19-9-11-26(12-10-19)31(28,29)20-8-7-16-5-3-4-6-17(16)13-20/h3-8,13-15,19H,2,9-12H2,1H3,(H,23,24,25). The van der Waals surface area contributed by atoms with Crippen LogP contribution >= 0.6 is 0 Å². The monoisotopic (exact) mass is 440 g/mol. The van der Waals surface area contributed by atoms with Crippen LogP contribution in [0.4, 0.5) is 5.95 Å². The van der Waals surface area contributed by atoms with Crippen molar-refractivity contribution in [2.24, 2.45) is 0 Å². The maximum Gasteiger partial charge on any atom is 0.341 e. The number of esters is 1. The summed E-state index contributed by atoms with van der Waals surface area (Å²) in [5.74, 6) is -0.0508. The van der Waals surface area contributed by atoms with Gasteiger partial charge in [0.05, 0.1) is 17.1 Å². The van der Waals surface area contributed by atoms with Gasteiger partial charge in [0.15, 0.2) is 0 Å². The number of sulfonamides is 1. The Morgan fingerprint density at radius 2 is 1.77 bits per heavy atom. The van der Waals surface area contributed by atoms with Gasteiger partial charge in [-0.15, -0.1) is 0 Å². The topological polar surface area (TPSA) is 101 Å². The molecule has 1 fully saturated rings. The number of anilines is 1. The Balaban J connectivity index is 1.38. The largest absolute Gasteiger partial charge is 0.462 e. The number of carbonyl (C=O) groups excluding carboxylic acids is 1. The van der Waals surface area contributed by atoms with Crippen LogP contribution in [0.15, 0.2) is 59.8 Å². The van der Waals surface area contributed by atoms with E-state index >= 15 is 0 Å². The molecule has 162 valence electrons. The molecule has 4 rings (SSSR count). The van der Waals surface area contributed by atoms with Crippen LogP contribution in [-0.4, -0.2) is 54.4 Å². The fourth-order valence-corrected chi connectivity index (χ4v) is 5.13. The zero-order valence-electron chi connectivity index (χ0n) is 17.2. The van der Waals surface area contributed by atoms with Crippen LogP contribution in [-0.2, 0) is 14.8 Å². The predicted molar refractivity (Wildman–Crippen MR) is 117 cm³/mol. The molecule has 1 aromatic heterocycles. The van der Waals surface area contributed by atoms with Crippen molar-refractivity contribution in [1.82, 2.24) is 14.3 Å². The quantitative estimate of drug-likeness (QED) is 0.588. The van der Waals surface area contributed by atoms with Gasteiger partial charge >= 0.3 is 5.97 Å². The van der Waals surface area contributed by atoms with E-state index in [-0.39, 0.29) is 6.04 Å². The molecule has 1 saturated heterocycles. The number of hydrogen-bond donors (Lipinski definition) is 1. The second-order valence-corrected chi connectivity index (χ2v) is 9.29. The summed E-state index contributed by atoms with van der Waals surface area (Å²) < 4.78 is 32.6. The van der Waals surface area contributed by atoms with Gasteiger partial charge in [0, 0.05) is 31.5 Å². The van der Waals surface area contributed by atoms with Crippen LogP contribution in [0.25, 0.3) is 10.8 Å². The maximum absolute atomic E-state index is 13.1. The molecule has 1 aliphatic rings. The van der Waals surface area contributed by atoms with E-state index in [4.69, 9.17) is 4.74 Å². The van der Waals surface area contributed by atoms with Crippen molar-refractivity contribution in [1.29, 1.82) is 0 Å². The van der Waals surface area contributed by atoms with Crippen molar-refractivity contribution in [3.8, 4) is 0 Å². The average Bonchev–Trinajstić information content (AvgIpc) is 2.80. The van der Waals surface area contributed by atoms with Crippen LogP contribution in [0.1, 0.15) is 30.1 Å². The van der Waals surface area contributed by atoms with Gasteiger partial charge in [0.1, 0.15) is 0 Å². The Hall–Kier alpha value is -3.04. The summed E-state index contributed by atoms with van der Waals surface area (Å²) in [5, 5.41) is 5.14. The molecule has 8 nitrogen and oxygen atoms in total. The summed E-state index contributed by atoms with van der Waals surface area (Å²) in [5.41, 5.74) is 0.295. The number of nitrogens with one attached hydrogen (secondary N) is 1. The molecule has 3 aromatic rings. The smallest absolute Gasteiger partial charge is 0.341 e. The SMILES string of the molecule is CCOC(=O)c1cnc(NC2CCN(S(=O)(=O)c3ccc4ccccc4c3)CC2)nc1. The summed E-state index contributed by atoms with van der Waals surface area (Å²) in [7, 11) is -3.55. The molecule has 0 amide bonds. The van der Waals surface area contributed by atoms with E-state index in [9.17, 15) is 13.2 Å². The first-order chi connectivity index (χ1) is 15.0. The Morgan fingerprint density at radius 1 is 1.10 bits per heavy atom. The second-order valence-electron chi connectivity index (χ2n) is 7.35. The molecule has 0 atom stereocenters. The lowest BCUT2D eigenvalue weighted by Crippen LogP contribution is -2.42. The number of fused-ring (bicyclic) bond motifs is 1. The fraction of sp³-hybridized carbons (Fsp3) is 0.318. The second kappa shape index (κ2) is 8.99. The van der Waals surface area contributed by atoms with Crippen molar-refractivity contribution < 1.29 is 17.9 Å². The number of rotatable bonds is 6. The molecule has 2 aromatic carbocycles. The lowest BCUT2D eigenvalue weighted by molar-refractivity contribution is 0.0525. The van der Waals surface area contributed by atoms with E-state index in [0.29, 0.717) is 48.9 Å². The first-order valence-corrected chi connectivity index (χ1v) is 11.7. The number of aromatic nitrogens is 2. The summed E-state index contributed by atoms with van der Waals surface area (Å²) in [6, 6.07) is 13.0. The van der Waals surface area contributed by atoms with Crippen molar-refractivity contribution >= 4 is 32.7 Å².